The van der Waals surface area contributed by atoms with E-state index in [1.165, 1.54) is 0 Å². The van der Waals surface area contributed by atoms with Gasteiger partial charge in [-0.15, -0.1) is 0 Å². The van der Waals surface area contributed by atoms with Gasteiger partial charge in [-0.25, -0.2) is 0 Å². The third-order valence-corrected chi connectivity index (χ3v) is 2.50. The molecule has 1 N–H and O–H groups in total. The highest BCUT2D eigenvalue weighted by atomic mass is 16.5. The van der Waals surface area contributed by atoms with Gasteiger partial charge in [-0.2, -0.15) is 0 Å². The Labute approximate surface area is 92.0 Å². The van der Waals surface area contributed by atoms with Crippen molar-refractivity contribution in [1.82, 2.24) is 4.98 Å². The molecule has 0 fully saturated rings. The Balaban J connectivity index is 2.33. The van der Waals surface area contributed by atoms with Gasteiger partial charge in [0, 0.05) is 11.6 Å². The predicted molar refractivity (Wildman–Crippen MR) is 61.1 cm³/mol. The molecule has 1 aromatic carbocycles. The van der Waals surface area contributed by atoms with Crippen LogP contribution in [-0.2, 0) is 0 Å². The number of aromatic nitrogens is 1. The van der Waals surface area contributed by atoms with Gasteiger partial charge in [0.2, 0.25) is 0 Å². The summed E-state index contributed by atoms with van der Waals surface area (Å²) in [7, 11) is 0. The lowest BCUT2D eigenvalue weighted by Gasteiger charge is -1.95. The average molecular weight is 211 g/mol. The maximum absolute atomic E-state index is 9.66. The molecule has 3 rings (SSSR count). The minimum atomic E-state index is -0.0590. The van der Waals surface area contributed by atoms with Crippen molar-refractivity contribution in [2.75, 3.05) is 0 Å². The first-order chi connectivity index (χ1) is 7.86. The lowest BCUT2D eigenvalue weighted by Crippen LogP contribution is -1.78. The molecule has 0 atom stereocenters. The SMILES string of the molecule is Oc1oc(-c2ccccn2)c2ccccc12. The van der Waals surface area contributed by atoms with E-state index < -0.39 is 0 Å². The monoisotopic (exact) mass is 211 g/mol. The van der Waals surface area contributed by atoms with Crippen LogP contribution in [0, 0.1) is 0 Å². The van der Waals surface area contributed by atoms with E-state index in [0.717, 1.165) is 11.1 Å². The highest BCUT2D eigenvalue weighted by Crippen LogP contribution is 2.36. The molecule has 0 saturated carbocycles. The molecule has 3 aromatic rings. The van der Waals surface area contributed by atoms with Crippen molar-refractivity contribution in [2.24, 2.45) is 0 Å². The summed E-state index contributed by atoms with van der Waals surface area (Å²) < 4.78 is 5.34. The van der Waals surface area contributed by atoms with E-state index >= 15 is 0 Å². The molecule has 0 unspecified atom stereocenters. The van der Waals surface area contributed by atoms with Crippen LogP contribution >= 0.6 is 0 Å². The van der Waals surface area contributed by atoms with Gasteiger partial charge < -0.3 is 9.52 Å². The van der Waals surface area contributed by atoms with Crippen molar-refractivity contribution in [3.63, 3.8) is 0 Å². The minimum Gasteiger partial charge on any atom is -0.480 e. The lowest BCUT2D eigenvalue weighted by molar-refractivity contribution is 0.342. The Kier molecular flexibility index (Phi) is 1.90. The molecule has 0 spiro atoms. The van der Waals surface area contributed by atoms with Gasteiger partial charge in [0.1, 0.15) is 5.69 Å². The largest absolute Gasteiger partial charge is 0.480 e. The first-order valence-corrected chi connectivity index (χ1v) is 4.98. The van der Waals surface area contributed by atoms with Crippen LogP contribution in [-0.4, -0.2) is 10.1 Å². The number of hydrogen-bond acceptors (Lipinski definition) is 3. The van der Waals surface area contributed by atoms with Crippen LogP contribution in [0.1, 0.15) is 0 Å². The van der Waals surface area contributed by atoms with Gasteiger partial charge in [0.25, 0.3) is 5.95 Å². The Morgan fingerprint density at radius 2 is 1.69 bits per heavy atom. The molecule has 78 valence electrons. The number of pyridine rings is 1. The molecule has 2 heterocycles. The van der Waals surface area contributed by atoms with Crippen molar-refractivity contribution in [3.05, 3.63) is 48.7 Å². The van der Waals surface area contributed by atoms with E-state index in [2.05, 4.69) is 4.98 Å². The second kappa shape index (κ2) is 3.38. The Morgan fingerprint density at radius 1 is 0.938 bits per heavy atom. The Bertz CT molecular complexity index is 629. The van der Waals surface area contributed by atoms with E-state index in [1.807, 2.05) is 42.5 Å². The first-order valence-electron chi connectivity index (χ1n) is 4.98. The smallest absolute Gasteiger partial charge is 0.290 e. The fourth-order valence-electron chi connectivity index (χ4n) is 1.76. The molecule has 2 aromatic heterocycles. The van der Waals surface area contributed by atoms with E-state index in [1.54, 1.807) is 6.20 Å². The van der Waals surface area contributed by atoms with Crippen LogP contribution in [0.4, 0.5) is 0 Å². The normalized spacial score (nSPS) is 10.8. The number of aromatic hydroxyl groups is 1. The summed E-state index contributed by atoms with van der Waals surface area (Å²) in [5, 5.41) is 11.2. The number of benzene rings is 1. The number of rotatable bonds is 1. The zero-order chi connectivity index (χ0) is 11.0. The summed E-state index contributed by atoms with van der Waals surface area (Å²) in [4.78, 5) is 4.21. The minimum absolute atomic E-state index is 0.0590. The average Bonchev–Trinajstić information content (AvgIpc) is 2.69. The highest BCUT2D eigenvalue weighted by molar-refractivity contribution is 5.96. The third-order valence-electron chi connectivity index (χ3n) is 2.50. The second-order valence-corrected chi connectivity index (χ2v) is 3.50. The maximum atomic E-state index is 9.66. The Morgan fingerprint density at radius 3 is 2.44 bits per heavy atom. The molecule has 3 heteroatoms. The van der Waals surface area contributed by atoms with E-state index in [-0.39, 0.29) is 5.95 Å². The van der Waals surface area contributed by atoms with Crippen molar-refractivity contribution in [3.8, 4) is 17.4 Å². The van der Waals surface area contributed by atoms with Crippen molar-refractivity contribution in [2.45, 2.75) is 0 Å². The number of nitrogens with zero attached hydrogens (tertiary/aromatic N) is 1. The zero-order valence-corrected chi connectivity index (χ0v) is 8.42. The number of fused-ring (bicyclic) bond motifs is 1. The summed E-state index contributed by atoms with van der Waals surface area (Å²) in [6.45, 7) is 0. The summed E-state index contributed by atoms with van der Waals surface area (Å²) >= 11 is 0. The van der Waals surface area contributed by atoms with Crippen LogP contribution in [0.5, 0.6) is 5.95 Å². The van der Waals surface area contributed by atoms with Gasteiger partial charge in [0.05, 0.1) is 5.39 Å². The standard InChI is InChI=1S/C13H9NO2/c15-13-10-6-2-1-5-9(10)12(16-13)11-7-3-4-8-14-11/h1-8,15H. The van der Waals surface area contributed by atoms with Crippen LogP contribution in [0.3, 0.4) is 0 Å². The van der Waals surface area contributed by atoms with Crippen LogP contribution in [0.25, 0.3) is 22.2 Å². The molecule has 0 saturated heterocycles. The molecule has 3 nitrogen and oxygen atoms in total. The predicted octanol–water partition coefficient (Wildman–Crippen LogP) is 3.20. The van der Waals surface area contributed by atoms with Crippen LogP contribution < -0.4 is 0 Å². The molecule has 0 radical (unpaired) electrons. The molecular formula is C13H9NO2. The highest BCUT2D eigenvalue weighted by Gasteiger charge is 2.13. The summed E-state index contributed by atoms with van der Waals surface area (Å²) in [6, 6.07) is 13.1. The summed E-state index contributed by atoms with van der Waals surface area (Å²) in [5.41, 5.74) is 0.721. The fraction of sp³-hybridized carbons (Fsp3) is 0. The first kappa shape index (κ1) is 8.97. The molecule has 0 amide bonds. The Hall–Kier alpha value is -2.29. The van der Waals surface area contributed by atoms with Gasteiger partial charge in [-0.1, -0.05) is 24.3 Å². The van der Waals surface area contributed by atoms with Gasteiger partial charge in [0.15, 0.2) is 5.76 Å². The second-order valence-electron chi connectivity index (χ2n) is 3.50. The number of hydrogen-bond donors (Lipinski definition) is 1. The molecule has 0 aliphatic heterocycles. The summed E-state index contributed by atoms with van der Waals surface area (Å²) in [6.07, 6.45) is 1.70. The van der Waals surface area contributed by atoms with Crippen molar-refractivity contribution < 1.29 is 9.52 Å². The zero-order valence-electron chi connectivity index (χ0n) is 8.42. The van der Waals surface area contributed by atoms with Crippen molar-refractivity contribution in [1.29, 1.82) is 0 Å². The van der Waals surface area contributed by atoms with E-state index in [9.17, 15) is 5.11 Å². The van der Waals surface area contributed by atoms with Crippen LogP contribution in [0.15, 0.2) is 53.1 Å². The van der Waals surface area contributed by atoms with E-state index in [0.29, 0.717) is 11.1 Å². The fourth-order valence-corrected chi connectivity index (χ4v) is 1.76. The maximum Gasteiger partial charge on any atom is 0.290 e. The van der Waals surface area contributed by atoms with Crippen molar-refractivity contribution >= 4 is 10.8 Å². The van der Waals surface area contributed by atoms with E-state index in [4.69, 9.17) is 4.42 Å². The molecule has 0 bridgehead atoms. The molecule has 0 aliphatic carbocycles. The number of furan rings is 1. The molecule has 0 aliphatic rings. The van der Waals surface area contributed by atoms with Gasteiger partial charge >= 0.3 is 0 Å². The molecular weight excluding hydrogens is 202 g/mol. The van der Waals surface area contributed by atoms with Gasteiger partial charge in [-0.3, -0.25) is 4.98 Å². The van der Waals surface area contributed by atoms with Crippen LogP contribution in [0.2, 0.25) is 0 Å². The topological polar surface area (TPSA) is 46.3 Å². The van der Waals surface area contributed by atoms with Gasteiger partial charge in [-0.05, 0) is 18.2 Å². The lowest BCUT2D eigenvalue weighted by atomic mass is 10.1. The summed E-state index contributed by atoms with van der Waals surface area (Å²) in [5.74, 6) is 0.546. The third kappa shape index (κ3) is 1.26. The molecule has 16 heavy (non-hydrogen) atoms. The quantitative estimate of drug-likeness (QED) is 0.672.